The van der Waals surface area contributed by atoms with Crippen LogP contribution in [-0.4, -0.2) is 21.9 Å². The molecular weight excluding hydrogens is 435 g/mol. The molecule has 0 aliphatic heterocycles. The van der Waals surface area contributed by atoms with Gasteiger partial charge in [-0.1, -0.05) is 72.3 Å². The van der Waals surface area contributed by atoms with Crippen LogP contribution in [0.3, 0.4) is 0 Å². The van der Waals surface area contributed by atoms with Crippen LogP contribution < -0.4 is 10.6 Å². The highest BCUT2D eigenvalue weighted by atomic mass is 35.5. The number of hydrogen-bond donors (Lipinski definition) is 2. The lowest BCUT2D eigenvalue weighted by atomic mass is 10.0. The van der Waals surface area contributed by atoms with E-state index in [1.54, 1.807) is 18.2 Å². The van der Waals surface area contributed by atoms with Crippen LogP contribution >= 0.6 is 46.3 Å². The molecule has 28 heavy (non-hydrogen) atoms. The maximum absolute atomic E-state index is 12.1. The second kappa shape index (κ2) is 9.60. The van der Waals surface area contributed by atoms with E-state index >= 15 is 0 Å². The Labute approximate surface area is 181 Å². The largest absolute Gasteiger partial charge is 0.330 e. The van der Waals surface area contributed by atoms with Gasteiger partial charge < -0.3 is 10.6 Å². The first-order valence-electron chi connectivity index (χ1n) is 8.48. The van der Waals surface area contributed by atoms with E-state index in [2.05, 4.69) is 46.8 Å². The van der Waals surface area contributed by atoms with Gasteiger partial charge in [0.25, 0.3) is 0 Å². The fourth-order valence-electron chi connectivity index (χ4n) is 2.34. The molecule has 0 aliphatic rings. The molecule has 5 nitrogen and oxygen atoms in total. The molecule has 0 spiro atoms. The van der Waals surface area contributed by atoms with Gasteiger partial charge in [-0.2, -0.15) is 0 Å². The first-order chi connectivity index (χ1) is 13.4. The lowest BCUT2D eigenvalue weighted by Gasteiger charge is -2.07. The molecule has 146 valence electrons. The van der Waals surface area contributed by atoms with Gasteiger partial charge in [-0.3, -0.25) is 4.79 Å². The van der Waals surface area contributed by atoms with Crippen LogP contribution in [0.2, 0.25) is 10.0 Å². The molecule has 0 atom stereocenters. The summed E-state index contributed by atoms with van der Waals surface area (Å²) < 4.78 is 0.709. The molecule has 0 saturated heterocycles. The molecule has 2 aromatic carbocycles. The smallest absolute Gasteiger partial charge is 0.234 e. The Morgan fingerprint density at radius 2 is 1.75 bits per heavy atom. The molecule has 1 heterocycles. The highest BCUT2D eigenvalue weighted by molar-refractivity contribution is 8.01. The van der Waals surface area contributed by atoms with E-state index in [4.69, 9.17) is 23.2 Å². The van der Waals surface area contributed by atoms with Crippen molar-refractivity contribution in [3.63, 3.8) is 0 Å². The number of thioether (sulfide) groups is 1. The molecule has 9 heteroatoms. The van der Waals surface area contributed by atoms with E-state index in [1.807, 2.05) is 12.1 Å². The van der Waals surface area contributed by atoms with Gasteiger partial charge in [-0.25, -0.2) is 0 Å². The fourth-order valence-corrected chi connectivity index (χ4v) is 4.44. The van der Waals surface area contributed by atoms with Crippen LogP contribution in [0.1, 0.15) is 25.3 Å². The van der Waals surface area contributed by atoms with E-state index in [9.17, 15) is 4.79 Å². The summed E-state index contributed by atoms with van der Waals surface area (Å²) in [6, 6.07) is 13.1. The Balaban J connectivity index is 1.52. The van der Waals surface area contributed by atoms with E-state index in [0.29, 0.717) is 31.1 Å². The van der Waals surface area contributed by atoms with Crippen LogP contribution in [0.4, 0.5) is 16.5 Å². The number of nitrogens with zero attached hydrogens (tertiary/aromatic N) is 2. The highest BCUT2D eigenvalue weighted by Crippen LogP contribution is 2.29. The van der Waals surface area contributed by atoms with Gasteiger partial charge >= 0.3 is 0 Å². The van der Waals surface area contributed by atoms with Crippen molar-refractivity contribution in [2.45, 2.75) is 24.1 Å². The minimum absolute atomic E-state index is 0.169. The maximum atomic E-state index is 12.1. The molecule has 0 saturated carbocycles. The molecule has 0 unspecified atom stereocenters. The van der Waals surface area contributed by atoms with Gasteiger partial charge in [0.2, 0.25) is 11.0 Å². The third kappa shape index (κ3) is 6.10. The number of aromatic nitrogens is 2. The zero-order chi connectivity index (χ0) is 20.1. The lowest BCUT2D eigenvalue weighted by molar-refractivity contribution is -0.113. The molecule has 1 aromatic heterocycles. The van der Waals surface area contributed by atoms with E-state index in [1.165, 1.54) is 28.7 Å². The molecule has 0 fully saturated rings. The summed E-state index contributed by atoms with van der Waals surface area (Å²) in [6.07, 6.45) is 0. The predicted molar refractivity (Wildman–Crippen MR) is 120 cm³/mol. The molecular formula is C19H18Cl2N4OS2. The third-order valence-electron chi connectivity index (χ3n) is 3.71. The second-order valence-corrected chi connectivity index (χ2v) is 9.34. The van der Waals surface area contributed by atoms with Crippen molar-refractivity contribution in [2.24, 2.45) is 0 Å². The number of benzene rings is 2. The second-order valence-electron chi connectivity index (χ2n) is 6.27. The molecule has 0 bridgehead atoms. The van der Waals surface area contributed by atoms with E-state index in [0.717, 1.165) is 5.69 Å². The number of hydrogen-bond acceptors (Lipinski definition) is 6. The summed E-state index contributed by atoms with van der Waals surface area (Å²) in [7, 11) is 0. The number of carbonyl (C=O) groups excluding carboxylic acids is 1. The number of halogens is 2. The van der Waals surface area contributed by atoms with Crippen molar-refractivity contribution in [3.05, 3.63) is 58.1 Å². The van der Waals surface area contributed by atoms with Crippen molar-refractivity contribution in [1.29, 1.82) is 0 Å². The zero-order valence-electron chi connectivity index (χ0n) is 15.2. The number of amides is 1. The summed E-state index contributed by atoms with van der Waals surface area (Å²) >= 11 is 14.6. The Bertz CT molecular complexity index is 941. The van der Waals surface area contributed by atoms with Crippen molar-refractivity contribution < 1.29 is 4.79 Å². The summed E-state index contributed by atoms with van der Waals surface area (Å²) in [5.41, 5.74) is 2.80. The van der Waals surface area contributed by atoms with Gasteiger partial charge in [0.1, 0.15) is 0 Å². The summed E-state index contributed by atoms with van der Waals surface area (Å²) in [6.45, 7) is 4.32. The van der Waals surface area contributed by atoms with Crippen LogP contribution in [0, 0.1) is 0 Å². The van der Waals surface area contributed by atoms with Gasteiger partial charge in [-0.05, 0) is 41.8 Å². The average molecular weight is 453 g/mol. The Morgan fingerprint density at radius 1 is 1.07 bits per heavy atom. The topological polar surface area (TPSA) is 66.9 Å². The number of carbonyl (C=O) groups is 1. The summed E-state index contributed by atoms with van der Waals surface area (Å²) in [4.78, 5) is 12.1. The average Bonchev–Trinajstić information content (AvgIpc) is 3.07. The van der Waals surface area contributed by atoms with Crippen LogP contribution in [0.5, 0.6) is 0 Å². The van der Waals surface area contributed by atoms with Crippen molar-refractivity contribution >= 4 is 68.7 Å². The molecule has 0 radical (unpaired) electrons. The summed E-state index contributed by atoms with van der Waals surface area (Å²) in [5.74, 6) is 0.534. The van der Waals surface area contributed by atoms with E-state index < -0.39 is 0 Å². The monoisotopic (exact) mass is 452 g/mol. The van der Waals surface area contributed by atoms with E-state index in [-0.39, 0.29) is 11.7 Å². The van der Waals surface area contributed by atoms with Crippen molar-refractivity contribution in [2.75, 3.05) is 16.4 Å². The first kappa shape index (κ1) is 20.9. The fraction of sp³-hybridized carbons (Fsp3) is 0.211. The normalized spacial score (nSPS) is 10.9. The zero-order valence-corrected chi connectivity index (χ0v) is 18.3. The molecule has 1 amide bonds. The van der Waals surface area contributed by atoms with Crippen LogP contribution in [-0.2, 0) is 4.79 Å². The van der Waals surface area contributed by atoms with Gasteiger partial charge in [0.15, 0.2) is 4.34 Å². The van der Waals surface area contributed by atoms with Crippen molar-refractivity contribution in [1.82, 2.24) is 10.2 Å². The van der Waals surface area contributed by atoms with Crippen LogP contribution in [0.15, 0.2) is 46.8 Å². The minimum Gasteiger partial charge on any atom is -0.330 e. The van der Waals surface area contributed by atoms with Crippen molar-refractivity contribution in [3.8, 4) is 0 Å². The standard InChI is InChI=1S/C19H18Cl2N4OS2/c1-11(2)12-3-5-15(6-4-12)23-18-24-25-19(28-18)27-10-17(26)22-16-8-13(20)7-14(21)9-16/h3-9,11H,10H2,1-2H3,(H,22,26)(H,23,24). The molecule has 0 aliphatic carbocycles. The lowest BCUT2D eigenvalue weighted by Crippen LogP contribution is -2.13. The quantitative estimate of drug-likeness (QED) is 0.403. The number of anilines is 3. The number of rotatable bonds is 7. The maximum Gasteiger partial charge on any atom is 0.234 e. The first-order valence-corrected chi connectivity index (χ1v) is 11.0. The Kier molecular flexibility index (Phi) is 7.18. The third-order valence-corrected chi connectivity index (χ3v) is 6.12. The minimum atomic E-state index is -0.169. The van der Waals surface area contributed by atoms with Crippen LogP contribution in [0.25, 0.3) is 0 Å². The molecule has 3 aromatic rings. The summed E-state index contributed by atoms with van der Waals surface area (Å²) in [5, 5.41) is 15.9. The highest BCUT2D eigenvalue weighted by Gasteiger charge is 2.10. The SMILES string of the molecule is CC(C)c1ccc(Nc2nnc(SCC(=O)Nc3cc(Cl)cc(Cl)c3)s2)cc1. The Morgan fingerprint density at radius 3 is 2.39 bits per heavy atom. The molecule has 2 N–H and O–H groups in total. The predicted octanol–water partition coefficient (Wildman–Crippen LogP) is 6.44. The number of nitrogens with one attached hydrogen (secondary N) is 2. The van der Waals surface area contributed by atoms with Gasteiger partial charge in [0, 0.05) is 21.4 Å². The Hall–Kier alpha value is -1.80. The molecule has 3 rings (SSSR count). The van der Waals surface area contributed by atoms with Gasteiger partial charge in [0.05, 0.1) is 5.75 Å². The van der Waals surface area contributed by atoms with Gasteiger partial charge in [-0.15, -0.1) is 10.2 Å².